The predicted molar refractivity (Wildman–Crippen MR) is 46.1 cm³/mol. The van der Waals surface area contributed by atoms with Gasteiger partial charge in [0.25, 0.3) is 0 Å². The summed E-state index contributed by atoms with van der Waals surface area (Å²) >= 11 is 0. The summed E-state index contributed by atoms with van der Waals surface area (Å²) in [7, 11) is 0. The average molecular weight is 179 g/mol. The van der Waals surface area contributed by atoms with Crippen molar-refractivity contribution in [3.05, 3.63) is 48.2 Å². The Morgan fingerprint density at radius 3 is 2.54 bits per heavy atom. The SMILES string of the molecule is Fc1cccc(-c2ccc[nH]2)c1F. The third kappa shape index (κ3) is 1.33. The predicted octanol–water partition coefficient (Wildman–Crippen LogP) is 2.96. The Morgan fingerprint density at radius 2 is 1.85 bits per heavy atom. The first-order valence-electron chi connectivity index (χ1n) is 3.87. The van der Waals surface area contributed by atoms with Crippen molar-refractivity contribution in [2.75, 3.05) is 0 Å². The number of hydrogen-bond donors (Lipinski definition) is 1. The van der Waals surface area contributed by atoms with E-state index < -0.39 is 11.6 Å². The Kier molecular flexibility index (Phi) is 1.85. The lowest BCUT2D eigenvalue weighted by atomic mass is 10.1. The highest BCUT2D eigenvalue weighted by atomic mass is 19.2. The summed E-state index contributed by atoms with van der Waals surface area (Å²) in [5.41, 5.74) is 0.835. The van der Waals surface area contributed by atoms with E-state index in [0.717, 1.165) is 6.07 Å². The maximum atomic E-state index is 13.2. The van der Waals surface area contributed by atoms with Crippen LogP contribution in [0.4, 0.5) is 8.78 Å². The molecule has 0 aliphatic heterocycles. The van der Waals surface area contributed by atoms with Crippen molar-refractivity contribution in [2.45, 2.75) is 0 Å². The Hall–Kier alpha value is -1.64. The van der Waals surface area contributed by atoms with Crippen LogP contribution >= 0.6 is 0 Å². The molecule has 1 nitrogen and oxygen atoms in total. The van der Waals surface area contributed by atoms with Gasteiger partial charge in [0.1, 0.15) is 0 Å². The summed E-state index contributed by atoms with van der Waals surface area (Å²) in [5.74, 6) is -1.64. The molecule has 1 aromatic heterocycles. The van der Waals surface area contributed by atoms with E-state index in [1.807, 2.05) is 0 Å². The minimum absolute atomic E-state index is 0.255. The fourth-order valence-electron chi connectivity index (χ4n) is 1.21. The van der Waals surface area contributed by atoms with E-state index in [1.54, 1.807) is 18.3 Å². The van der Waals surface area contributed by atoms with Crippen molar-refractivity contribution in [1.82, 2.24) is 4.98 Å². The van der Waals surface area contributed by atoms with E-state index in [1.165, 1.54) is 12.1 Å². The van der Waals surface area contributed by atoms with Crippen molar-refractivity contribution >= 4 is 0 Å². The molecule has 0 radical (unpaired) electrons. The van der Waals surface area contributed by atoms with Crippen LogP contribution in [-0.2, 0) is 0 Å². The number of aromatic amines is 1. The third-order valence-corrected chi connectivity index (χ3v) is 1.84. The fraction of sp³-hybridized carbons (Fsp3) is 0. The minimum atomic E-state index is -0.827. The molecule has 0 saturated carbocycles. The maximum absolute atomic E-state index is 13.2. The first-order valence-corrected chi connectivity index (χ1v) is 3.87. The van der Waals surface area contributed by atoms with E-state index >= 15 is 0 Å². The molecule has 2 aromatic rings. The lowest BCUT2D eigenvalue weighted by molar-refractivity contribution is 0.511. The number of rotatable bonds is 1. The molecule has 0 bridgehead atoms. The van der Waals surface area contributed by atoms with Gasteiger partial charge in [0, 0.05) is 17.5 Å². The summed E-state index contributed by atoms with van der Waals surface area (Å²) in [6, 6.07) is 7.54. The van der Waals surface area contributed by atoms with Gasteiger partial charge in [-0.3, -0.25) is 0 Å². The molecular weight excluding hydrogens is 172 g/mol. The highest BCUT2D eigenvalue weighted by Crippen LogP contribution is 2.22. The minimum Gasteiger partial charge on any atom is -0.361 e. The van der Waals surface area contributed by atoms with Crippen LogP contribution in [0.1, 0.15) is 0 Å². The zero-order chi connectivity index (χ0) is 9.26. The number of aromatic nitrogens is 1. The largest absolute Gasteiger partial charge is 0.361 e. The lowest BCUT2D eigenvalue weighted by Gasteiger charge is -2.00. The number of halogens is 2. The molecular formula is C10H7F2N. The fourth-order valence-corrected chi connectivity index (χ4v) is 1.21. The first-order chi connectivity index (χ1) is 6.29. The van der Waals surface area contributed by atoms with E-state index in [9.17, 15) is 8.78 Å². The van der Waals surface area contributed by atoms with Crippen LogP contribution in [0.5, 0.6) is 0 Å². The maximum Gasteiger partial charge on any atom is 0.168 e. The van der Waals surface area contributed by atoms with Crippen molar-refractivity contribution < 1.29 is 8.78 Å². The zero-order valence-electron chi connectivity index (χ0n) is 6.72. The number of nitrogens with one attached hydrogen (secondary N) is 1. The van der Waals surface area contributed by atoms with Gasteiger partial charge in [0.05, 0.1) is 0 Å². The highest BCUT2D eigenvalue weighted by molar-refractivity contribution is 5.59. The van der Waals surface area contributed by atoms with Crippen LogP contribution < -0.4 is 0 Å². The quantitative estimate of drug-likeness (QED) is 0.692. The Balaban J connectivity index is 2.59. The van der Waals surface area contributed by atoms with Crippen molar-refractivity contribution in [1.29, 1.82) is 0 Å². The molecule has 0 aliphatic carbocycles. The van der Waals surface area contributed by atoms with Crippen LogP contribution in [0.15, 0.2) is 36.5 Å². The van der Waals surface area contributed by atoms with Gasteiger partial charge in [-0.05, 0) is 24.3 Å². The Labute approximate surface area is 74.0 Å². The number of hydrogen-bond acceptors (Lipinski definition) is 0. The monoisotopic (exact) mass is 179 g/mol. The van der Waals surface area contributed by atoms with E-state index in [2.05, 4.69) is 4.98 Å². The van der Waals surface area contributed by atoms with E-state index in [4.69, 9.17) is 0 Å². The van der Waals surface area contributed by atoms with Crippen LogP contribution in [0.2, 0.25) is 0 Å². The molecule has 0 spiro atoms. The second kappa shape index (κ2) is 3.01. The second-order valence-corrected chi connectivity index (χ2v) is 2.69. The number of H-pyrrole nitrogens is 1. The molecule has 0 unspecified atom stereocenters. The molecule has 2 rings (SSSR count). The molecule has 1 heterocycles. The van der Waals surface area contributed by atoms with E-state index in [0.29, 0.717) is 5.69 Å². The molecule has 3 heteroatoms. The normalized spacial score (nSPS) is 10.3. The summed E-state index contributed by atoms with van der Waals surface area (Å²) in [6.45, 7) is 0. The van der Waals surface area contributed by atoms with Crippen molar-refractivity contribution in [3.8, 4) is 11.3 Å². The van der Waals surface area contributed by atoms with Gasteiger partial charge in [-0.1, -0.05) is 6.07 Å². The molecule has 0 fully saturated rings. The van der Waals surface area contributed by atoms with E-state index in [-0.39, 0.29) is 5.56 Å². The number of benzene rings is 1. The van der Waals surface area contributed by atoms with Gasteiger partial charge in [0.2, 0.25) is 0 Å². The zero-order valence-corrected chi connectivity index (χ0v) is 6.72. The van der Waals surface area contributed by atoms with Crippen LogP contribution in [-0.4, -0.2) is 4.98 Å². The van der Waals surface area contributed by atoms with Gasteiger partial charge in [0.15, 0.2) is 11.6 Å². The summed E-state index contributed by atoms with van der Waals surface area (Å²) in [6.07, 6.45) is 1.67. The molecule has 0 atom stereocenters. The molecule has 13 heavy (non-hydrogen) atoms. The van der Waals surface area contributed by atoms with Crippen LogP contribution in [0.3, 0.4) is 0 Å². The van der Waals surface area contributed by atoms with Crippen LogP contribution in [0, 0.1) is 11.6 Å². The molecule has 0 amide bonds. The molecule has 1 N–H and O–H groups in total. The second-order valence-electron chi connectivity index (χ2n) is 2.69. The van der Waals surface area contributed by atoms with Gasteiger partial charge in [-0.25, -0.2) is 8.78 Å². The summed E-state index contributed by atoms with van der Waals surface area (Å²) in [4.78, 5) is 2.81. The first kappa shape index (κ1) is 7.98. The molecule has 0 aliphatic rings. The van der Waals surface area contributed by atoms with Gasteiger partial charge in [-0.2, -0.15) is 0 Å². The highest BCUT2D eigenvalue weighted by Gasteiger charge is 2.08. The van der Waals surface area contributed by atoms with Crippen molar-refractivity contribution in [3.63, 3.8) is 0 Å². The Bertz CT molecular complexity index is 407. The molecule has 66 valence electrons. The summed E-state index contributed by atoms with van der Waals surface area (Å²) in [5, 5.41) is 0. The molecule has 1 aromatic carbocycles. The topological polar surface area (TPSA) is 15.8 Å². The van der Waals surface area contributed by atoms with Gasteiger partial charge >= 0.3 is 0 Å². The molecule has 0 saturated heterocycles. The Morgan fingerprint density at radius 1 is 1.00 bits per heavy atom. The van der Waals surface area contributed by atoms with Crippen molar-refractivity contribution in [2.24, 2.45) is 0 Å². The summed E-state index contributed by atoms with van der Waals surface area (Å²) < 4.78 is 26.0. The standard InChI is InChI=1S/C10H7F2N/c11-8-4-1-3-7(10(8)12)9-5-2-6-13-9/h1-6,13H. The third-order valence-electron chi connectivity index (χ3n) is 1.84. The van der Waals surface area contributed by atoms with Gasteiger partial charge in [-0.15, -0.1) is 0 Å². The van der Waals surface area contributed by atoms with Gasteiger partial charge < -0.3 is 4.98 Å². The van der Waals surface area contributed by atoms with Crippen LogP contribution in [0.25, 0.3) is 11.3 Å². The smallest absolute Gasteiger partial charge is 0.168 e. The average Bonchev–Trinajstić information content (AvgIpc) is 2.62. The lowest BCUT2D eigenvalue weighted by Crippen LogP contribution is -1.88.